The maximum atomic E-state index is 13.1. The predicted octanol–water partition coefficient (Wildman–Crippen LogP) is 1.97. The van der Waals surface area contributed by atoms with Crippen LogP contribution in [0, 0.1) is 0 Å². The highest BCUT2D eigenvalue weighted by Gasteiger charge is 2.48. The highest BCUT2D eigenvalue weighted by molar-refractivity contribution is 6.35. The Bertz CT molecular complexity index is 1830. The summed E-state index contributed by atoms with van der Waals surface area (Å²) in [5, 5.41) is 25.7. The normalized spacial score (nSPS) is 18.5. The van der Waals surface area contributed by atoms with Crippen molar-refractivity contribution in [3.63, 3.8) is 0 Å². The molecule has 5 N–H and O–H groups in total. The van der Waals surface area contributed by atoms with E-state index >= 15 is 0 Å². The maximum absolute atomic E-state index is 13.1. The van der Waals surface area contributed by atoms with E-state index in [1.807, 2.05) is 78.9 Å². The van der Waals surface area contributed by atoms with E-state index in [-0.39, 0.29) is 19.8 Å². The van der Waals surface area contributed by atoms with E-state index in [1.54, 1.807) is 14.2 Å². The lowest BCUT2D eigenvalue weighted by atomic mass is 9.80. The Hall–Kier alpha value is -5.28. The maximum Gasteiger partial charge on any atom is 0.330 e. The lowest BCUT2D eigenvalue weighted by Crippen LogP contribution is -2.52. The second-order valence-corrected chi connectivity index (χ2v) is 12.3. The van der Waals surface area contributed by atoms with Crippen molar-refractivity contribution in [2.75, 3.05) is 34.0 Å². The van der Waals surface area contributed by atoms with Crippen molar-refractivity contribution in [1.82, 2.24) is 20.2 Å². The van der Waals surface area contributed by atoms with Crippen molar-refractivity contribution in [2.45, 2.75) is 55.8 Å². The van der Waals surface area contributed by atoms with Crippen molar-refractivity contribution in [3.05, 3.63) is 129 Å². The number of aliphatic hydroxyl groups is 2. The molecular weight excluding hydrogens is 672 g/mol. The minimum atomic E-state index is -1.47. The summed E-state index contributed by atoms with van der Waals surface area (Å²) in [4.78, 5) is 52.8. The average Bonchev–Trinajstić information content (AvgIpc) is 3.47. The zero-order chi connectivity index (χ0) is 37.1. The number of carbonyl (C=O) groups is 2. The van der Waals surface area contributed by atoms with Gasteiger partial charge in [0, 0.05) is 25.4 Å². The monoisotopic (exact) mass is 716 g/mol. The van der Waals surface area contributed by atoms with Crippen molar-refractivity contribution < 1.29 is 38.7 Å². The number of benzene rings is 3. The molecule has 1 aromatic heterocycles. The Morgan fingerprint density at radius 3 is 2.00 bits per heavy atom. The van der Waals surface area contributed by atoms with Crippen LogP contribution < -0.4 is 31.4 Å². The topological polar surface area (TPSA) is 190 Å². The first kappa shape index (κ1) is 38.0. The molecule has 2 heterocycles. The molecule has 0 aliphatic carbocycles. The van der Waals surface area contributed by atoms with Gasteiger partial charge in [-0.25, -0.2) is 4.79 Å². The van der Waals surface area contributed by atoms with Gasteiger partial charge >= 0.3 is 17.5 Å². The number of aromatic amines is 1. The number of H-pyrrole nitrogens is 1. The van der Waals surface area contributed by atoms with Crippen LogP contribution >= 0.6 is 0 Å². The third kappa shape index (κ3) is 8.60. The molecule has 1 aliphatic rings. The number of hydrogen-bond acceptors (Lipinski definition) is 10. The summed E-state index contributed by atoms with van der Waals surface area (Å²) in [5.41, 5.74) is -0.555. The van der Waals surface area contributed by atoms with Gasteiger partial charge in [0.1, 0.15) is 35.3 Å². The van der Waals surface area contributed by atoms with Crippen LogP contribution in [0.25, 0.3) is 0 Å². The number of amides is 2. The average molecular weight is 717 g/mol. The van der Waals surface area contributed by atoms with Crippen LogP contribution in [0.5, 0.6) is 11.5 Å². The SMILES string of the molecule is COc1ccc(C(OC[C@H]2O[C@@H](n3ccc(=O)[nH]c3=O)[C@H](NC(=O)C(=O)NCCCCCCO)[C@@H]2O)(c2ccccc2)c2ccc(OC)cc2)cc1. The van der Waals surface area contributed by atoms with Crippen LogP contribution in [0.2, 0.25) is 0 Å². The molecule has 5 rings (SSSR count). The van der Waals surface area contributed by atoms with Gasteiger partial charge in [-0.05, 0) is 53.8 Å². The van der Waals surface area contributed by atoms with Crippen LogP contribution in [-0.4, -0.2) is 83.8 Å². The molecule has 14 heteroatoms. The first-order valence-corrected chi connectivity index (χ1v) is 17.0. The number of hydrogen-bond donors (Lipinski definition) is 5. The Morgan fingerprint density at radius 2 is 1.42 bits per heavy atom. The highest BCUT2D eigenvalue weighted by Crippen LogP contribution is 2.42. The quantitative estimate of drug-likeness (QED) is 0.0651. The molecule has 1 saturated heterocycles. The van der Waals surface area contributed by atoms with E-state index in [2.05, 4.69) is 15.6 Å². The van der Waals surface area contributed by atoms with Crippen LogP contribution in [0.15, 0.2) is 101 Å². The van der Waals surface area contributed by atoms with E-state index in [9.17, 15) is 24.3 Å². The van der Waals surface area contributed by atoms with Gasteiger partial charge in [-0.2, -0.15) is 0 Å². The number of carbonyl (C=O) groups excluding carboxylic acids is 2. The molecular formula is C38H44N4O10. The van der Waals surface area contributed by atoms with Gasteiger partial charge < -0.3 is 39.8 Å². The zero-order valence-electron chi connectivity index (χ0n) is 29.0. The molecule has 14 nitrogen and oxygen atoms in total. The van der Waals surface area contributed by atoms with E-state index in [1.165, 1.54) is 6.20 Å². The summed E-state index contributed by atoms with van der Waals surface area (Å²) in [6, 6.07) is 24.0. The van der Waals surface area contributed by atoms with Crippen molar-refractivity contribution in [2.24, 2.45) is 0 Å². The molecule has 0 bridgehead atoms. The third-order valence-corrected chi connectivity index (χ3v) is 9.01. The van der Waals surface area contributed by atoms with Crippen LogP contribution in [0.4, 0.5) is 0 Å². The summed E-state index contributed by atoms with van der Waals surface area (Å²) >= 11 is 0. The Kier molecular flexibility index (Phi) is 13.0. The standard InChI is InChI=1S/C38H44N4O10/c1-49-28-16-12-26(13-17-28)38(25-10-6-5-7-11-25,27-14-18-29(50-2)19-15-27)51-24-30-33(45)32(36(52-30)42-22-20-31(44)40-37(42)48)41-35(47)34(46)39-21-8-3-4-9-23-43/h5-7,10-20,22,30,32-33,36,43,45H,3-4,8-9,21,23-24H2,1-2H3,(H,39,46)(H,41,47)(H,40,44,48)/t30-,32-,33-,36-/m1/s1. The molecule has 4 aromatic rings. The molecule has 4 atom stereocenters. The number of aromatic nitrogens is 2. The number of unbranched alkanes of at least 4 members (excludes halogenated alkanes) is 3. The summed E-state index contributed by atoms with van der Waals surface area (Å²) in [5.74, 6) is -0.701. The van der Waals surface area contributed by atoms with E-state index in [0.29, 0.717) is 24.3 Å². The van der Waals surface area contributed by atoms with Crippen LogP contribution in [0.1, 0.15) is 48.6 Å². The molecule has 1 fully saturated rings. The molecule has 2 amide bonds. The lowest BCUT2D eigenvalue weighted by molar-refractivity contribution is -0.140. The van der Waals surface area contributed by atoms with Gasteiger partial charge in [0.25, 0.3) is 5.56 Å². The third-order valence-electron chi connectivity index (χ3n) is 9.01. The van der Waals surface area contributed by atoms with Crippen molar-refractivity contribution in [1.29, 1.82) is 0 Å². The molecule has 52 heavy (non-hydrogen) atoms. The molecule has 1 aliphatic heterocycles. The van der Waals surface area contributed by atoms with Crippen LogP contribution in [-0.2, 0) is 24.7 Å². The Morgan fingerprint density at radius 1 is 0.827 bits per heavy atom. The minimum Gasteiger partial charge on any atom is -0.497 e. The molecule has 0 spiro atoms. The van der Waals surface area contributed by atoms with Gasteiger partial charge in [-0.15, -0.1) is 0 Å². The Balaban J connectivity index is 1.47. The van der Waals surface area contributed by atoms with Gasteiger partial charge in [0.2, 0.25) is 0 Å². The van der Waals surface area contributed by atoms with Gasteiger partial charge in [0.05, 0.1) is 20.8 Å². The molecule has 0 saturated carbocycles. The first-order chi connectivity index (χ1) is 25.2. The number of nitrogens with one attached hydrogen (secondary N) is 3. The number of nitrogens with zero attached hydrogens (tertiary/aromatic N) is 1. The summed E-state index contributed by atoms with van der Waals surface area (Å²) < 4.78 is 25.0. The smallest absolute Gasteiger partial charge is 0.330 e. The summed E-state index contributed by atoms with van der Waals surface area (Å²) in [6.45, 7) is 0.0659. The fourth-order valence-corrected chi connectivity index (χ4v) is 6.28. The number of ether oxygens (including phenoxy) is 4. The number of methoxy groups -OCH3 is 2. The van der Waals surface area contributed by atoms with Gasteiger partial charge in [-0.1, -0.05) is 67.4 Å². The second kappa shape index (κ2) is 17.8. The van der Waals surface area contributed by atoms with Crippen molar-refractivity contribution in [3.8, 4) is 11.5 Å². The second-order valence-electron chi connectivity index (χ2n) is 12.3. The Labute approximate surface area is 300 Å². The first-order valence-electron chi connectivity index (χ1n) is 17.0. The predicted molar refractivity (Wildman–Crippen MR) is 190 cm³/mol. The minimum absolute atomic E-state index is 0.0857. The fourth-order valence-electron chi connectivity index (χ4n) is 6.28. The number of rotatable bonds is 16. The molecule has 0 radical (unpaired) electrons. The van der Waals surface area contributed by atoms with Gasteiger partial charge in [0.15, 0.2) is 6.23 Å². The van der Waals surface area contributed by atoms with E-state index in [4.69, 9.17) is 24.1 Å². The molecule has 3 aromatic carbocycles. The van der Waals surface area contributed by atoms with Gasteiger partial charge in [-0.3, -0.25) is 23.9 Å². The highest BCUT2D eigenvalue weighted by atomic mass is 16.6. The van der Waals surface area contributed by atoms with E-state index in [0.717, 1.165) is 40.2 Å². The molecule has 0 unspecified atom stereocenters. The summed E-state index contributed by atoms with van der Waals surface area (Å²) in [6.07, 6.45) is 0.0562. The van der Waals surface area contributed by atoms with Crippen molar-refractivity contribution >= 4 is 11.8 Å². The molecule has 276 valence electrons. The van der Waals surface area contributed by atoms with Crippen LogP contribution in [0.3, 0.4) is 0 Å². The number of aliphatic hydroxyl groups excluding tert-OH is 2. The fraction of sp³-hybridized carbons (Fsp3) is 0.368. The largest absolute Gasteiger partial charge is 0.497 e. The summed E-state index contributed by atoms with van der Waals surface area (Å²) in [7, 11) is 3.14. The zero-order valence-corrected chi connectivity index (χ0v) is 29.0. The lowest BCUT2D eigenvalue weighted by Gasteiger charge is -2.37. The van der Waals surface area contributed by atoms with E-state index < -0.39 is 53.1 Å².